The summed E-state index contributed by atoms with van der Waals surface area (Å²) in [6.07, 6.45) is 17.1. The van der Waals surface area contributed by atoms with Crippen LogP contribution in [0.25, 0.3) is 0 Å². The van der Waals surface area contributed by atoms with Gasteiger partial charge >= 0.3 is 0 Å². The average Bonchev–Trinajstić information content (AvgIpc) is 3.08. The van der Waals surface area contributed by atoms with Crippen molar-refractivity contribution in [3.8, 4) is 0 Å². The summed E-state index contributed by atoms with van der Waals surface area (Å²) >= 11 is 7.24. The highest BCUT2D eigenvalue weighted by atomic mass is 79.9. The van der Waals surface area contributed by atoms with Crippen molar-refractivity contribution >= 4 is 63.3 Å². The summed E-state index contributed by atoms with van der Waals surface area (Å²) in [6, 6.07) is 17.3. The second-order valence-electron chi connectivity index (χ2n) is 13.5. The summed E-state index contributed by atoms with van der Waals surface area (Å²) < 4.78 is 62.4. The minimum Gasteiger partial charge on any atom is -0.264 e. The number of nitrogens with zero attached hydrogens (tertiary/aromatic N) is 2. The van der Waals surface area contributed by atoms with Gasteiger partial charge in [0.1, 0.15) is 0 Å². The van der Waals surface area contributed by atoms with Gasteiger partial charge in [0.25, 0.3) is 20.0 Å². The van der Waals surface area contributed by atoms with E-state index < -0.39 is 20.0 Å². The van der Waals surface area contributed by atoms with E-state index in [9.17, 15) is 16.8 Å². The molecule has 3 aromatic carbocycles. The SMILES string of the molecule is CCCCCCCCCCN(c1cc(Br)c(Br)cc1N(CCCCCCCCCC)S(=O)(=O)c1ccc(C)cc1)S(=O)(=O)c1ccc(C)cc1. The Labute approximate surface area is 320 Å². The molecular formula is C40H58Br2N2O4S2. The highest BCUT2D eigenvalue weighted by Crippen LogP contribution is 2.42. The Kier molecular flexibility index (Phi) is 18.4. The van der Waals surface area contributed by atoms with Crippen molar-refractivity contribution in [3.05, 3.63) is 80.7 Å². The zero-order valence-electron chi connectivity index (χ0n) is 30.6. The molecule has 3 rings (SSSR count). The largest absolute Gasteiger partial charge is 0.264 e. The molecule has 0 saturated heterocycles. The number of halogens is 2. The van der Waals surface area contributed by atoms with Gasteiger partial charge in [0.2, 0.25) is 0 Å². The average molecular weight is 855 g/mol. The molecule has 278 valence electrons. The van der Waals surface area contributed by atoms with Gasteiger partial charge in [-0.15, -0.1) is 0 Å². The van der Waals surface area contributed by atoms with E-state index in [1.54, 1.807) is 60.7 Å². The van der Waals surface area contributed by atoms with Gasteiger partial charge in [0.15, 0.2) is 0 Å². The third-order valence-corrected chi connectivity index (χ3v) is 14.7. The lowest BCUT2D eigenvalue weighted by Gasteiger charge is -2.32. The number of anilines is 2. The minimum absolute atomic E-state index is 0.184. The standard InChI is InChI=1S/C40H58Br2N2O4S2/c1-5-7-9-11-13-15-17-19-29-43(49(45,46)35-25-21-33(3)22-26-35)39-31-37(41)38(42)32-40(39)44(30-20-18-16-14-12-10-8-6-2)50(47,48)36-27-23-34(4)24-28-36/h21-28,31-32H,5-20,29-30H2,1-4H3. The lowest BCUT2D eigenvalue weighted by Crippen LogP contribution is -2.37. The van der Waals surface area contributed by atoms with Gasteiger partial charge in [0, 0.05) is 22.0 Å². The van der Waals surface area contributed by atoms with Gasteiger partial charge in [-0.2, -0.15) is 0 Å². The normalized spacial score (nSPS) is 12.0. The molecule has 0 aliphatic rings. The molecule has 0 aromatic heterocycles. The van der Waals surface area contributed by atoms with Gasteiger partial charge in [-0.05, 0) is 94.9 Å². The Balaban J connectivity index is 2.06. The van der Waals surface area contributed by atoms with Crippen LogP contribution in [-0.2, 0) is 20.0 Å². The maximum atomic E-state index is 14.5. The number of unbranched alkanes of at least 4 members (excludes halogenated alkanes) is 14. The topological polar surface area (TPSA) is 74.8 Å². The Bertz CT molecular complexity index is 1540. The summed E-state index contributed by atoms with van der Waals surface area (Å²) in [6.45, 7) is 8.75. The minimum atomic E-state index is -4.04. The molecular weight excluding hydrogens is 796 g/mol. The maximum absolute atomic E-state index is 14.5. The summed E-state index contributed by atoms with van der Waals surface area (Å²) in [4.78, 5) is 0.368. The lowest BCUT2D eigenvalue weighted by molar-refractivity contribution is 0.566. The summed E-state index contributed by atoms with van der Waals surface area (Å²) in [5, 5.41) is 0. The smallest absolute Gasteiger partial charge is 0.264 e. The highest BCUT2D eigenvalue weighted by molar-refractivity contribution is 9.13. The fourth-order valence-electron chi connectivity index (χ4n) is 6.12. The van der Waals surface area contributed by atoms with Crippen molar-refractivity contribution in [1.82, 2.24) is 0 Å². The molecule has 0 heterocycles. The second-order valence-corrected chi connectivity index (χ2v) is 18.9. The zero-order chi connectivity index (χ0) is 36.6. The van der Waals surface area contributed by atoms with E-state index in [-0.39, 0.29) is 22.9 Å². The molecule has 0 unspecified atom stereocenters. The van der Waals surface area contributed by atoms with E-state index in [0.29, 0.717) is 33.2 Å². The molecule has 0 spiro atoms. The van der Waals surface area contributed by atoms with Gasteiger partial charge in [-0.3, -0.25) is 8.61 Å². The van der Waals surface area contributed by atoms with Crippen LogP contribution in [0.4, 0.5) is 11.4 Å². The number of sulfonamides is 2. The first-order valence-corrected chi connectivity index (χ1v) is 23.1. The maximum Gasteiger partial charge on any atom is 0.264 e. The first-order valence-electron chi connectivity index (χ1n) is 18.6. The first kappa shape index (κ1) is 42.5. The van der Waals surface area contributed by atoms with Crippen LogP contribution in [0, 0.1) is 13.8 Å². The van der Waals surface area contributed by atoms with Crippen molar-refractivity contribution in [1.29, 1.82) is 0 Å². The number of aryl methyl sites for hydroxylation is 2. The van der Waals surface area contributed by atoms with Crippen LogP contribution in [0.2, 0.25) is 0 Å². The summed E-state index contributed by atoms with van der Waals surface area (Å²) in [5.74, 6) is 0. The Morgan fingerprint density at radius 2 is 0.740 bits per heavy atom. The molecule has 0 amide bonds. The fraction of sp³-hybridized carbons (Fsp3) is 0.550. The van der Waals surface area contributed by atoms with Crippen molar-refractivity contribution in [2.75, 3.05) is 21.7 Å². The van der Waals surface area contributed by atoms with Crippen LogP contribution in [0.5, 0.6) is 0 Å². The quantitative estimate of drug-likeness (QED) is 0.0841. The molecule has 0 fully saturated rings. The van der Waals surface area contributed by atoms with Gasteiger partial charge in [-0.25, -0.2) is 16.8 Å². The summed E-state index contributed by atoms with van der Waals surface area (Å²) in [5.41, 5.74) is 2.62. The predicted octanol–water partition coefficient (Wildman–Crippen LogP) is 12.5. The predicted molar refractivity (Wildman–Crippen MR) is 218 cm³/mol. The molecule has 10 heteroatoms. The van der Waals surface area contributed by atoms with Crippen molar-refractivity contribution in [3.63, 3.8) is 0 Å². The van der Waals surface area contributed by atoms with E-state index in [1.165, 1.54) is 60.0 Å². The van der Waals surface area contributed by atoms with E-state index in [1.807, 2.05) is 13.8 Å². The molecule has 0 radical (unpaired) electrons. The molecule has 0 N–H and O–H groups in total. The van der Waals surface area contributed by atoms with Crippen LogP contribution in [-0.4, -0.2) is 29.9 Å². The van der Waals surface area contributed by atoms with Crippen LogP contribution in [0.3, 0.4) is 0 Å². The number of benzene rings is 3. The summed E-state index contributed by atoms with van der Waals surface area (Å²) in [7, 11) is -8.08. The van der Waals surface area contributed by atoms with Crippen molar-refractivity contribution in [2.45, 2.75) is 140 Å². The number of hydrogen-bond acceptors (Lipinski definition) is 4. The monoisotopic (exact) mass is 852 g/mol. The second kappa shape index (κ2) is 21.6. The molecule has 6 nitrogen and oxygen atoms in total. The van der Waals surface area contributed by atoms with E-state index >= 15 is 0 Å². The van der Waals surface area contributed by atoms with E-state index in [2.05, 4.69) is 45.7 Å². The third-order valence-electron chi connectivity index (χ3n) is 9.20. The van der Waals surface area contributed by atoms with Gasteiger partial charge in [-0.1, -0.05) is 139 Å². The van der Waals surface area contributed by atoms with Crippen LogP contribution in [0.1, 0.15) is 128 Å². The van der Waals surface area contributed by atoms with Crippen LogP contribution < -0.4 is 8.61 Å². The van der Waals surface area contributed by atoms with E-state index in [0.717, 1.165) is 49.7 Å². The molecule has 0 aliphatic carbocycles. The van der Waals surface area contributed by atoms with Crippen molar-refractivity contribution < 1.29 is 16.8 Å². The zero-order valence-corrected chi connectivity index (χ0v) is 35.4. The number of rotatable bonds is 24. The first-order chi connectivity index (χ1) is 23.9. The Morgan fingerprint density at radius 1 is 0.460 bits per heavy atom. The van der Waals surface area contributed by atoms with Crippen molar-refractivity contribution in [2.24, 2.45) is 0 Å². The van der Waals surface area contributed by atoms with Gasteiger partial charge < -0.3 is 0 Å². The fourth-order valence-corrected chi connectivity index (χ4v) is 9.80. The molecule has 0 saturated carbocycles. The Morgan fingerprint density at radius 3 is 1.04 bits per heavy atom. The molecule has 0 aliphatic heterocycles. The lowest BCUT2D eigenvalue weighted by atomic mass is 10.1. The third kappa shape index (κ3) is 12.7. The van der Waals surface area contributed by atoms with Crippen LogP contribution >= 0.6 is 31.9 Å². The molecule has 50 heavy (non-hydrogen) atoms. The number of hydrogen-bond donors (Lipinski definition) is 0. The van der Waals surface area contributed by atoms with Gasteiger partial charge in [0.05, 0.1) is 21.2 Å². The Hall–Kier alpha value is -1.88. The molecule has 0 atom stereocenters. The molecule has 3 aromatic rings. The van der Waals surface area contributed by atoms with Crippen LogP contribution in [0.15, 0.2) is 79.4 Å². The molecule has 0 bridgehead atoms. The van der Waals surface area contributed by atoms with E-state index in [4.69, 9.17) is 0 Å². The highest BCUT2D eigenvalue weighted by Gasteiger charge is 2.33.